The number of benzene rings is 1. The molecule has 0 aliphatic carbocycles. The first kappa shape index (κ1) is 19.7. The number of hydrogen-bond donors (Lipinski definition) is 0. The molecule has 1 atom stereocenters. The van der Waals surface area contributed by atoms with Crippen molar-refractivity contribution >= 4 is 24.0 Å². The summed E-state index contributed by atoms with van der Waals surface area (Å²) in [6, 6.07) is 6.62. The van der Waals surface area contributed by atoms with Crippen LogP contribution in [0.3, 0.4) is 0 Å². The van der Waals surface area contributed by atoms with Crippen molar-refractivity contribution in [3.63, 3.8) is 0 Å². The fraction of sp³-hybridized carbons (Fsp3) is 0.450. The van der Waals surface area contributed by atoms with Gasteiger partial charge in [0, 0.05) is 12.0 Å². The zero-order valence-corrected chi connectivity index (χ0v) is 15.9. The van der Waals surface area contributed by atoms with Crippen LogP contribution in [0.25, 0.3) is 6.08 Å². The first-order valence-electron chi connectivity index (χ1n) is 8.63. The Hall–Kier alpha value is -2.63. The highest BCUT2D eigenvalue weighted by Crippen LogP contribution is 2.29. The number of likely N-dealkylation sites (tertiary alicyclic amines) is 1. The van der Waals surface area contributed by atoms with Gasteiger partial charge in [-0.15, -0.1) is 0 Å². The van der Waals surface area contributed by atoms with Gasteiger partial charge in [0.15, 0.2) is 0 Å². The van der Waals surface area contributed by atoms with Gasteiger partial charge in [-0.3, -0.25) is 4.79 Å². The van der Waals surface area contributed by atoms with Gasteiger partial charge in [0.25, 0.3) is 5.91 Å². The van der Waals surface area contributed by atoms with E-state index in [0.717, 1.165) is 16.0 Å². The Morgan fingerprint density at radius 2 is 1.85 bits per heavy atom. The predicted octanol–water partition coefficient (Wildman–Crippen LogP) is 3.48. The Balaban J connectivity index is 2.34. The number of amides is 2. The summed E-state index contributed by atoms with van der Waals surface area (Å²) in [5, 5.41) is 0. The maximum atomic E-state index is 12.8. The van der Waals surface area contributed by atoms with Gasteiger partial charge in [-0.1, -0.05) is 29.8 Å². The molecule has 1 aliphatic rings. The summed E-state index contributed by atoms with van der Waals surface area (Å²) in [5.74, 6) is -1.14. The van der Waals surface area contributed by atoms with Crippen molar-refractivity contribution in [3.8, 4) is 0 Å². The number of carbonyl (C=O) groups excluding carboxylic acids is 3. The molecule has 2 amide bonds. The molecule has 0 N–H and O–H groups in total. The van der Waals surface area contributed by atoms with Crippen LogP contribution in [-0.4, -0.2) is 41.1 Å². The Labute approximate surface area is 153 Å². The number of nitrogens with zero attached hydrogens (tertiary/aromatic N) is 1. The summed E-state index contributed by atoms with van der Waals surface area (Å²) in [4.78, 5) is 38.4. The normalized spacial score (nSPS) is 19.0. The summed E-state index contributed by atoms with van der Waals surface area (Å²) >= 11 is 0. The molecule has 0 aromatic heterocycles. The van der Waals surface area contributed by atoms with Crippen LogP contribution in [0, 0.1) is 6.92 Å². The minimum Gasteiger partial charge on any atom is -0.464 e. The summed E-state index contributed by atoms with van der Waals surface area (Å²) in [6.07, 6.45) is 0.955. The van der Waals surface area contributed by atoms with E-state index in [0.29, 0.717) is 5.57 Å². The van der Waals surface area contributed by atoms with E-state index < -0.39 is 29.6 Å². The van der Waals surface area contributed by atoms with Crippen LogP contribution >= 0.6 is 0 Å². The largest absolute Gasteiger partial charge is 0.464 e. The van der Waals surface area contributed by atoms with Crippen molar-refractivity contribution in [3.05, 3.63) is 41.0 Å². The lowest BCUT2D eigenvalue weighted by Gasteiger charge is -2.26. The number of carbonyl (C=O) groups is 3. The third-order valence-corrected chi connectivity index (χ3v) is 3.79. The molecule has 1 saturated heterocycles. The lowest BCUT2D eigenvalue weighted by Crippen LogP contribution is -2.46. The summed E-state index contributed by atoms with van der Waals surface area (Å²) in [5.41, 5.74) is 1.52. The molecule has 0 radical (unpaired) electrons. The van der Waals surface area contributed by atoms with Gasteiger partial charge in [0.05, 0.1) is 6.61 Å². The maximum Gasteiger partial charge on any atom is 0.418 e. The second kappa shape index (κ2) is 7.72. The molecule has 0 unspecified atom stereocenters. The highest BCUT2D eigenvalue weighted by atomic mass is 16.6. The topological polar surface area (TPSA) is 72.9 Å². The van der Waals surface area contributed by atoms with Crippen molar-refractivity contribution in [1.29, 1.82) is 0 Å². The number of ether oxygens (including phenoxy) is 2. The smallest absolute Gasteiger partial charge is 0.418 e. The monoisotopic (exact) mass is 359 g/mol. The molecule has 26 heavy (non-hydrogen) atoms. The van der Waals surface area contributed by atoms with Gasteiger partial charge in [0.2, 0.25) is 0 Å². The van der Waals surface area contributed by atoms with Crippen LogP contribution in [0.1, 0.15) is 45.2 Å². The Bertz CT molecular complexity index is 728. The molecule has 140 valence electrons. The van der Waals surface area contributed by atoms with E-state index in [1.54, 1.807) is 33.8 Å². The van der Waals surface area contributed by atoms with E-state index in [-0.39, 0.29) is 13.0 Å². The number of rotatable bonds is 3. The van der Waals surface area contributed by atoms with Crippen LogP contribution in [0.15, 0.2) is 29.8 Å². The van der Waals surface area contributed by atoms with Crippen molar-refractivity contribution < 1.29 is 23.9 Å². The van der Waals surface area contributed by atoms with E-state index >= 15 is 0 Å². The van der Waals surface area contributed by atoms with Gasteiger partial charge in [0.1, 0.15) is 11.6 Å². The van der Waals surface area contributed by atoms with Crippen LogP contribution in [0.5, 0.6) is 0 Å². The van der Waals surface area contributed by atoms with Crippen molar-refractivity contribution in [2.45, 2.75) is 52.7 Å². The Morgan fingerprint density at radius 3 is 2.38 bits per heavy atom. The molecule has 1 aromatic carbocycles. The molecule has 1 aromatic rings. The van der Waals surface area contributed by atoms with E-state index in [4.69, 9.17) is 9.47 Å². The van der Waals surface area contributed by atoms with Crippen LogP contribution in [0.2, 0.25) is 0 Å². The van der Waals surface area contributed by atoms with Crippen molar-refractivity contribution in [2.24, 2.45) is 0 Å². The SMILES string of the molecule is CCOC(=O)[C@@H]1C/C(=C\c2ccc(C)cc2)C(=O)N1C(=O)OC(C)(C)C. The molecule has 6 heteroatoms. The van der Waals surface area contributed by atoms with Gasteiger partial charge < -0.3 is 9.47 Å². The molecular weight excluding hydrogens is 334 g/mol. The first-order valence-corrected chi connectivity index (χ1v) is 8.63. The summed E-state index contributed by atoms with van der Waals surface area (Å²) in [7, 11) is 0. The van der Waals surface area contributed by atoms with Crippen molar-refractivity contribution in [2.75, 3.05) is 6.61 Å². The summed E-state index contributed by atoms with van der Waals surface area (Å²) < 4.78 is 10.3. The van der Waals surface area contributed by atoms with E-state index in [2.05, 4.69) is 0 Å². The second-order valence-electron chi connectivity index (χ2n) is 7.21. The van der Waals surface area contributed by atoms with Gasteiger partial charge >= 0.3 is 12.1 Å². The quantitative estimate of drug-likeness (QED) is 0.610. The molecule has 0 spiro atoms. The highest BCUT2D eigenvalue weighted by molar-refractivity contribution is 6.11. The number of esters is 1. The standard InChI is InChI=1S/C20H25NO5/c1-6-25-18(23)16-12-15(11-14-9-7-13(2)8-10-14)17(22)21(16)19(24)26-20(3,4)5/h7-11,16H,6,12H2,1-5H3/b15-11+/t16-/m0/s1. The number of hydrogen-bond acceptors (Lipinski definition) is 5. The second-order valence-corrected chi connectivity index (χ2v) is 7.21. The predicted molar refractivity (Wildman–Crippen MR) is 97.3 cm³/mol. The maximum absolute atomic E-state index is 12.8. The fourth-order valence-corrected chi connectivity index (χ4v) is 2.62. The lowest BCUT2D eigenvalue weighted by molar-refractivity contribution is -0.150. The van der Waals surface area contributed by atoms with Crippen LogP contribution < -0.4 is 0 Å². The van der Waals surface area contributed by atoms with Crippen LogP contribution in [0.4, 0.5) is 4.79 Å². The average Bonchev–Trinajstić information content (AvgIpc) is 2.85. The number of imide groups is 1. The fourth-order valence-electron chi connectivity index (χ4n) is 2.62. The minimum atomic E-state index is -1.01. The van der Waals surface area contributed by atoms with Gasteiger partial charge in [-0.2, -0.15) is 0 Å². The number of aryl methyl sites for hydroxylation is 1. The zero-order chi connectivity index (χ0) is 19.5. The third kappa shape index (κ3) is 4.71. The molecule has 2 rings (SSSR count). The molecule has 0 saturated carbocycles. The Kier molecular flexibility index (Phi) is 5.85. The summed E-state index contributed by atoms with van der Waals surface area (Å²) in [6.45, 7) is 8.92. The van der Waals surface area contributed by atoms with E-state index in [9.17, 15) is 14.4 Å². The Morgan fingerprint density at radius 1 is 1.23 bits per heavy atom. The highest BCUT2D eigenvalue weighted by Gasteiger charge is 2.46. The average molecular weight is 359 g/mol. The van der Waals surface area contributed by atoms with Gasteiger partial charge in [-0.25, -0.2) is 14.5 Å². The molecule has 1 aliphatic heterocycles. The third-order valence-electron chi connectivity index (χ3n) is 3.79. The van der Waals surface area contributed by atoms with Crippen molar-refractivity contribution in [1.82, 2.24) is 4.90 Å². The van der Waals surface area contributed by atoms with E-state index in [1.807, 2.05) is 31.2 Å². The van der Waals surface area contributed by atoms with Crippen LogP contribution in [-0.2, 0) is 19.1 Å². The molecule has 0 bridgehead atoms. The molecular formula is C20H25NO5. The lowest BCUT2D eigenvalue weighted by atomic mass is 10.1. The molecule has 6 nitrogen and oxygen atoms in total. The zero-order valence-electron chi connectivity index (χ0n) is 15.9. The molecule has 1 heterocycles. The minimum absolute atomic E-state index is 0.102. The molecule has 1 fully saturated rings. The van der Waals surface area contributed by atoms with Gasteiger partial charge in [-0.05, 0) is 46.3 Å². The van der Waals surface area contributed by atoms with E-state index in [1.165, 1.54) is 0 Å². The first-order chi connectivity index (χ1) is 12.1.